The van der Waals surface area contributed by atoms with Crippen molar-refractivity contribution in [2.75, 3.05) is 39.9 Å². The second-order valence-electron chi connectivity index (χ2n) is 4.82. The molecule has 0 atom stereocenters. The zero-order chi connectivity index (χ0) is 15.9. The summed E-state index contributed by atoms with van der Waals surface area (Å²) in [7, 11) is -2.20. The van der Waals surface area contributed by atoms with Crippen molar-refractivity contribution in [3.05, 3.63) is 0 Å². The molecule has 21 heavy (non-hydrogen) atoms. The van der Waals surface area contributed by atoms with Gasteiger partial charge in [0, 0.05) is 39.7 Å². The molecule has 0 radical (unpaired) electrons. The van der Waals surface area contributed by atoms with E-state index in [4.69, 9.17) is 15.1 Å². The molecule has 0 aliphatic carbocycles. The fourth-order valence-electron chi connectivity index (χ4n) is 2.21. The highest BCUT2D eigenvalue weighted by atomic mass is 32.2. The normalized spacial score (nSPS) is 17.8. The lowest BCUT2D eigenvalue weighted by molar-refractivity contribution is -0.142. The summed E-state index contributed by atoms with van der Waals surface area (Å²) in [5.74, 6) is -1.37. The van der Waals surface area contributed by atoms with E-state index in [2.05, 4.69) is 0 Å². The first-order valence-electron chi connectivity index (χ1n) is 6.77. The van der Waals surface area contributed by atoms with E-state index in [1.54, 1.807) is 0 Å². The van der Waals surface area contributed by atoms with Gasteiger partial charge in [-0.2, -0.15) is 22.3 Å². The first-order chi connectivity index (χ1) is 9.93. The number of piperidine rings is 1. The van der Waals surface area contributed by atoms with Crippen molar-refractivity contribution in [2.45, 2.75) is 19.3 Å². The molecule has 9 heteroatoms. The Labute approximate surface area is 125 Å². The molecule has 0 aromatic carbocycles. The summed E-state index contributed by atoms with van der Waals surface area (Å²) in [5.41, 5.74) is 0. The summed E-state index contributed by atoms with van der Waals surface area (Å²) < 4.78 is 32.4. The minimum atomic E-state index is -3.68. The molecule has 0 spiro atoms. The van der Waals surface area contributed by atoms with E-state index in [1.165, 1.54) is 15.7 Å². The molecule has 1 N–H and O–H groups in total. The fourth-order valence-corrected chi connectivity index (χ4v) is 3.83. The van der Waals surface area contributed by atoms with E-state index in [9.17, 15) is 13.2 Å². The second-order valence-corrected chi connectivity index (χ2v) is 6.75. The summed E-state index contributed by atoms with van der Waals surface area (Å²) in [4.78, 5) is 10.9. The topological polar surface area (TPSA) is 111 Å². The van der Waals surface area contributed by atoms with Crippen LogP contribution in [-0.4, -0.2) is 68.0 Å². The third-order valence-electron chi connectivity index (χ3n) is 3.47. The molecule has 1 heterocycles. The molecule has 1 aliphatic heterocycles. The van der Waals surface area contributed by atoms with Crippen LogP contribution in [0.3, 0.4) is 0 Å². The number of rotatable bonds is 8. The molecule has 0 bridgehead atoms. The average Bonchev–Trinajstić information content (AvgIpc) is 2.47. The second kappa shape index (κ2) is 8.29. The largest absolute Gasteiger partial charge is 0.481 e. The summed E-state index contributed by atoms with van der Waals surface area (Å²) in [6.45, 7) is 0.918. The SMILES string of the molecule is COCCN(CCC#N)S(=O)(=O)N1CCC(C(=O)O)CC1. The smallest absolute Gasteiger partial charge is 0.306 e. The molecule has 0 saturated carbocycles. The number of methoxy groups -OCH3 is 1. The Morgan fingerprint density at radius 2 is 2.05 bits per heavy atom. The van der Waals surface area contributed by atoms with Crippen LogP contribution < -0.4 is 0 Å². The van der Waals surface area contributed by atoms with Gasteiger partial charge in [-0.1, -0.05) is 0 Å². The molecule has 1 fully saturated rings. The molecule has 0 unspecified atom stereocenters. The molecule has 0 aromatic heterocycles. The van der Waals surface area contributed by atoms with Crippen molar-refractivity contribution < 1.29 is 23.1 Å². The van der Waals surface area contributed by atoms with Crippen LogP contribution in [0.5, 0.6) is 0 Å². The van der Waals surface area contributed by atoms with Crippen LogP contribution in [-0.2, 0) is 19.7 Å². The Morgan fingerprint density at radius 3 is 2.52 bits per heavy atom. The number of hydrogen-bond donors (Lipinski definition) is 1. The molecule has 0 amide bonds. The van der Waals surface area contributed by atoms with Crippen molar-refractivity contribution in [3.8, 4) is 6.07 Å². The number of aliphatic carboxylic acids is 1. The predicted molar refractivity (Wildman–Crippen MR) is 74.5 cm³/mol. The quantitative estimate of drug-likeness (QED) is 0.668. The van der Waals surface area contributed by atoms with Crippen molar-refractivity contribution in [1.29, 1.82) is 5.26 Å². The number of carboxylic acids is 1. The Balaban J connectivity index is 2.72. The monoisotopic (exact) mass is 319 g/mol. The molecular weight excluding hydrogens is 298 g/mol. The van der Waals surface area contributed by atoms with E-state index in [0.717, 1.165) is 0 Å². The van der Waals surface area contributed by atoms with Crippen molar-refractivity contribution in [2.24, 2.45) is 5.92 Å². The minimum absolute atomic E-state index is 0.106. The molecule has 1 saturated heterocycles. The third kappa shape index (κ3) is 4.93. The number of hydrogen-bond acceptors (Lipinski definition) is 5. The van der Waals surface area contributed by atoms with Gasteiger partial charge < -0.3 is 9.84 Å². The van der Waals surface area contributed by atoms with Gasteiger partial charge in [0.05, 0.1) is 18.6 Å². The highest BCUT2D eigenvalue weighted by molar-refractivity contribution is 7.86. The Kier molecular flexibility index (Phi) is 7.04. The van der Waals surface area contributed by atoms with Gasteiger partial charge in [0.1, 0.15) is 0 Å². The summed E-state index contributed by atoms with van der Waals surface area (Å²) in [6, 6.07) is 1.93. The third-order valence-corrected chi connectivity index (χ3v) is 5.51. The van der Waals surface area contributed by atoms with Gasteiger partial charge in [-0.25, -0.2) is 0 Å². The van der Waals surface area contributed by atoms with Gasteiger partial charge in [0.15, 0.2) is 0 Å². The molecule has 8 nitrogen and oxygen atoms in total. The van der Waals surface area contributed by atoms with Gasteiger partial charge in [0.25, 0.3) is 10.2 Å². The van der Waals surface area contributed by atoms with Gasteiger partial charge in [0.2, 0.25) is 0 Å². The number of nitriles is 1. The van der Waals surface area contributed by atoms with E-state index >= 15 is 0 Å². The molecule has 1 rings (SSSR count). The standard InChI is InChI=1S/C12H21N3O5S/c1-20-10-9-14(6-2-5-13)21(18,19)15-7-3-11(4-8-15)12(16)17/h11H,2-4,6-10H2,1H3,(H,16,17). The minimum Gasteiger partial charge on any atom is -0.481 e. The van der Waals surface area contributed by atoms with Crippen LogP contribution >= 0.6 is 0 Å². The fraction of sp³-hybridized carbons (Fsp3) is 0.833. The van der Waals surface area contributed by atoms with Gasteiger partial charge in [-0.05, 0) is 12.8 Å². The zero-order valence-electron chi connectivity index (χ0n) is 12.1. The number of carboxylic acid groups (broad SMARTS) is 1. The summed E-state index contributed by atoms with van der Waals surface area (Å²) in [5, 5.41) is 17.6. The van der Waals surface area contributed by atoms with Crippen molar-refractivity contribution in [1.82, 2.24) is 8.61 Å². The predicted octanol–water partition coefficient (Wildman–Crippen LogP) is -0.110. The lowest BCUT2D eigenvalue weighted by Gasteiger charge is -2.33. The average molecular weight is 319 g/mol. The van der Waals surface area contributed by atoms with Crippen LogP contribution in [0.25, 0.3) is 0 Å². The molecule has 120 valence electrons. The lowest BCUT2D eigenvalue weighted by atomic mass is 9.99. The van der Waals surface area contributed by atoms with Crippen molar-refractivity contribution >= 4 is 16.2 Å². The van der Waals surface area contributed by atoms with Crippen LogP contribution in [0, 0.1) is 17.2 Å². The highest BCUT2D eigenvalue weighted by Gasteiger charge is 2.34. The number of ether oxygens (including phenoxy) is 1. The van der Waals surface area contributed by atoms with Gasteiger partial charge in [-0.3, -0.25) is 4.79 Å². The maximum atomic E-state index is 12.5. The van der Waals surface area contributed by atoms with Crippen LogP contribution in [0.4, 0.5) is 0 Å². The number of nitrogens with zero attached hydrogens (tertiary/aromatic N) is 3. The lowest BCUT2D eigenvalue weighted by Crippen LogP contribution is -2.49. The molecule has 1 aliphatic rings. The van der Waals surface area contributed by atoms with E-state index in [1.807, 2.05) is 6.07 Å². The van der Waals surface area contributed by atoms with E-state index in [0.29, 0.717) is 12.8 Å². The van der Waals surface area contributed by atoms with Gasteiger partial charge >= 0.3 is 5.97 Å². The Bertz CT molecular complexity index is 480. The summed E-state index contributed by atoms with van der Waals surface area (Å²) in [6.07, 6.45) is 0.727. The number of carbonyl (C=O) groups is 1. The van der Waals surface area contributed by atoms with Crippen LogP contribution in [0.2, 0.25) is 0 Å². The first-order valence-corrected chi connectivity index (χ1v) is 8.17. The summed E-state index contributed by atoms with van der Waals surface area (Å²) >= 11 is 0. The maximum Gasteiger partial charge on any atom is 0.306 e. The van der Waals surface area contributed by atoms with E-state index < -0.39 is 22.1 Å². The molecular formula is C12H21N3O5S. The molecule has 0 aromatic rings. The Hall–Kier alpha value is -1.21. The van der Waals surface area contributed by atoms with Crippen LogP contribution in [0.15, 0.2) is 0 Å². The van der Waals surface area contributed by atoms with Gasteiger partial charge in [-0.15, -0.1) is 0 Å². The maximum absolute atomic E-state index is 12.5. The Morgan fingerprint density at radius 1 is 1.43 bits per heavy atom. The zero-order valence-corrected chi connectivity index (χ0v) is 12.9. The first kappa shape index (κ1) is 17.8. The highest BCUT2D eigenvalue weighted by Crippen LogP contribution is 2.21. The van der Waals surface area contributed by atoms with Crippen molar-refractivity contribution in [3.63, 3.8) is 0 Å². The van der Waals surface area contributed by atoms with Crippen LogP contribution in [0.1, 0.15) is 19.3 Å². The van der Waals surface area contributed by atoms with E-state index in [-0.39, 0.29) is 39.2 Å².